The van der Waals surface area contributed by atoms with Crippen LogP contribution in [0.2, 0.25) is 0 Å². The summed E-state index contributed by atoms with van der Waals surface area (Å²) in [5, 5.41) is 18.4. The fourth-order valence-electron chi connectivity index (χ4n) is 6.75. The summed E-state index contributed by atoms with van der Waals surface area (Å²) >= 11 is 0. The molecule has 0 radical (unpaired) electrons. The number of rotatable bonds is 45. The number of esters is 2. The van der Waals surface area contributed by atoms with E-state index in [1.165, 1.54) is 148 Å². The molecule has 1 unspecified atom stereocenters. The maximum absolute atomic E-state index is 12.6. The highest BCUT2D eigenvalue weighted by Crippen LogP contribution is 2.43. The second kappa shape index (κ2) is 42.8. The molecule has 0 aromatic carbocycles. The molecule has 11 heteroatoms. The summed E-state index contributed by atoms with van der Waals surface area (Å²) in [6.07, 6.45) is 41.7. The molecule has 0 heterocycles. The summed E-state index contributed by atoms with van der Waals surface area (Å²) in [7, 11) is -4.61. The number of carbonyl (C=O) groups is 2. The summed E-state index contributed by atoms with van der Waals surface area (Å²) in [5.74, 6) is -0.916. The Hall–Kier alpha value is -1.29. The number of carbonyl (C=O) groups excluding carboxylic acids is 2. The van der Waals surface area contributed by atoms with Crippen molar-refractivity contribution in [2.45, 2.75) is 244 Å². The summed E-state index contributed by atoms with van der Waals surface area (Å²) in [4.78, 5) is 35.1. The van der Waals surface area contributed by atoms with Gasteiger partial charge in [-0.15, -0.1) is 0 Å². The number of phosphoric ester groups is 1. The van der Waals surface area contributed by atoms with Crippen LogP contribution in [-0.2, 0) is 32.7 Å². The van der Waals surface area contributed by atoms with E-state index < -0.39 is 51.8 Å². The highest BCUT2D eigenvalue weighted by atomic mass is 31.2. The first-order valence-electron chi connectivity index (χ1n) is 23.6. The molecule has 3 atom stereocenters. The maximum atomic E-state index is 12.6. The van der Waals surface area contributed by atoms with Crippen LogP contribution >= 0.6 is 7.82 Å². The lowest BCUT2D eigenvalue weighted by atomic mass is 10.0. The Morgan fingerprint density at radius 2 is 0.860 bits per heavy atom. The van der Waals surface area contributed by atoms with Gasteiger partial charge in [-0.1, -0.05) is 193 Å². The minimum Gasteiger partial charge on any atom is -0.462 e. The maximum Gasteiger partial charge on any atom is 0.472 e. The molecule has 0 aromatic rings. The first-order chi connectivity index (χ1) is 27.7. The van der Waals surface area contributed by atoms with Gasteiger partial charge in [-0.2, -0.15) is 0 Å². The van der Waals surface area contributed by atoms with E-state index in [-0.39, 0.29) is 19.4 Å². The highest BCUT2D eigenvalue weighted by molar-refractivity contribution is 7.47. The van der Waals surface area contributed by atoms with Crippen LogP contribution in [-0.4, -0.2) is 65.7 Å². The third-order valence-electron chi connectivity index (χ3n) is 10.4. The fourth-order valence-corrected chi connectivity index (χ4v) is 7.54. The number of phosphoric acid groups is 1. The number of allylic oxidation sites excluding steroid dienone is 2. The predicted molar refractivity (Wildman–Crippen MR) is 233 cm³/mol. The Kier molecular flexibility index (Phi) is 41.9. The Bertz CT molecular complexity index is 961. The van der Waals surface area contributed by atoms with Crippen LogP contribution in [0.1, 0.15) is 232 Å². The van der Waals surface area contributed by atoms with Gasteiger partial charge in [-0.3, -0.25) is 18.6 Å². The van der Waals surface area contributed by atoms with Crippen molar-refractivity contribution in [1.29, 1.82) is 0 Å². The molecule has 57 heavy (non-hydrogen) atoms. The average Bonchev–Trinajstić information content (AvgIpc) is 3.20. The zero-order valence-electron chi connectivity index (χ0n) is 36.8. The number of ether oxygens (including phenoxy) is 2. The van der Waals surface area contributed by atoms with Crippen LogP contribution in [0.25, 0.3) is 0 Å². The topological polar surface area (TPSA) is 149 Å². The van der Waals surface area contributed by atoms with Gasteiger partial charge in [-0.05, 0) is 38.5 Å². The fraction of sp³-hybridized carbons (Fsp3) is 0.913. The van der Waals surface area contributed by atoms with Gasteiger partial charge >= 0.3 is 19.8 Å². The number of hydrogen-bond donors (Lipinski definition) is 3. The predicted octanol–water partition coefficient (Wildman–Crippen LogP) is 12.8. The zero-order valence-corrected chi connectivity index (χ0v) is 37.7. The van der Waals surface area contributed by atoms with E-state index in [4.69, 9.17) is 23.6 Å². The summed E-state index contributed by atoms with van der Waals surface area (Å²) in [5.41, 5.74) is 0. The van der Waals surface area contributed by atoms with Gasteiger partial charge in [0.2, 0.25) is 0 Å². The lowest BCUT2D eigenvalue weighted by Gasteiger charge is -2.20. The van der Waals surface area contributed by atoms with Crippen molar-refractivity contribution in [1.82, 2.24) is 0 Å². The van der Waals surface area contributed by atoms with Crippen LogP contribution in [0.15, 0.2) is 12.2 Å². The van der Waals surface area contributed by atoms with Crippen molar-refractivity contribution in [3.05, 3.63) is 12.2 Å². The van der Waals surface area contributed by atoms with Crippen molar-refractivity contribution in [3.63, 3.8) is 0 Å². The Morgan fingerprint density at radius 3 is 1.26 bits per heavy atom. The summed E-state index contributed by atoms with van der Waals surface area (Å²) in [6.45, 7) is 2.41. The number of hydrogen-bond acceptors (Lipinski definition) is 9. The smallest absolute Gasteiger partial charge is 0.462 e. The molecule has 0 saturated heterocycles. The monoisotopic (exact) mass is 833 g/mol. The van der Waals surface area contributed by atoms with Gasteiger partial charge in [0.15, 0.2) is 6.10 Å². The average molecular weight is 833 g/mol. The van der Waals surface area contributed by atoms with Gasteiger partial charge < -0.3 is 24.6 Å². The van der Waals surface area contributed by atoms with E-state index in [0.29, 0.717) is 12.8 Å². The van der Waals surface area contributed by atoms with E-state index in [1.807, 2.05) is 0 Å². The van der Waals surface area contributed by atoms with E-state index in [1.54, 1.807) is 0 Å². The van der Waals surface area contributed by atoms with E-state index in [0.717, 1.165) is 44.9 Å². The van der Waals surface area contributed by atoms with E-state index in [2.05, 4.69) is 26.0 Å². The number of unbranched alkanes of at least 4 members (excludes halogenated alkanes) is 29. The number of aliphatic hydroxyl groups excluding tert-OH is 2. The van der Waals surface area contributed by atoms with E-state index in [9.17, 15) is 24.2 Å². The van der Waals surface area contributed by atoms with Gasteiger partial charge in [-0.25, -0.2) is 4.57 Å². The molecule has 0 aromatic heterocycles. The lowest BCUT2D eigenvalue weighted by molar-refractivity contribution is -0.161. The van der Waals surface area contributed by atoms with Gasteiger partial charge in [0.1, 0.15) is 12.7 Å². The first kappa shape index (κ1) is 55.7. The quantitative estimate of drug-likeness (QED) is 0.0234. The minimum absolute atomic E-state index is 0.189. The molecule has 0 rings (SSSR count). The first-order valence-corrected chi connectivity index (χ1v) is 25.1. The second-order valence-corrected chi connectivity index (χ2v) is 17.6. The highest BCUT2D eigenvalue weighted by Gasteiger charge is 2.27. The van der Waals surface area contributed by atoms with Crippen LogP contribution in [0.5, 0.6) is 0 Å². The van der Waals surface area contributed by atoms with Crippen LogP contribution in [0.3, 0.4) is 0 Å². The SMILES string of the molecule is CCCCCCCC/C=C/CCCCCCCCCC(=O)OC[C@H](COP(=O)(O)OC[C@@H](O)CO)OC(=O)CCCCCCCCCCCCCCCCCCC. The Labute approximate surface area is 349 Å². The van der Waals surface area contributed by atoms with Crippen molar-refractivity contribution in [2.75, 3.05) is 26.4 Å². The minimum atomic E-state index is -4.61. The molecule has 0 amide bonds. The molecule has 0 spiro atoms. The molecule has 10 nitrogen and oxygen atoms in total. The largest absolute Gasteiger partial charge is 0.472 e. The second-order valence-electron chi connectivity index (χ2n) is 16.1. The summed E-state index contributed by atoms with van der Waals surface area (Å²) < 4.78 is 32.8. The molecule has 0 fully saturated rings. The lowest BCUT2D eigenvalue weighted by Crippen LogP contribution is -2.29. The van der Waals surface area contributed by atoms with Crippen molar-refractivity contribution in [3.8, 4) is 0 Å². The van der Waals surface area contributed by atoms with Crippen molar-refractivity contribution in [2.24, 2.45) is 0 Å². The van der Waals surface area contributed by atoms with Gasteiger partial charge in [0.05, 0.1) is 19.8 Å². The van der Waals surface area contributed by atoms with Crippen molar-refractivity contribution < 1.29 is 47.8 Å². The number of aliphatic hydroxyl groups is 2. The molecular formula is C46H89O10P. The third kappa shape index (κ3) is 42.6. The Balaban J connectivity index is 4.21. The molecule has 0 aliphatic heterocycles. The molecule has 0 bridgehead atoms. The van der Waals surface area contributed by atoms with E-state index >= 15 is 0 Å². The summed E-state index contributed by atoms with van der Waals surface area (Å²) in [6, 6.07) is 0. The van der Waals surface area contributed by atoms with Crippen LogP contribution in [0.4, 0.5) is 0 Å². The molecule has 0 aliphatic carbocycles. The molecule has 338 valence electrons. The molecular weight excluding hydrogens is 743 g/mol. The molecule has 3 N–H and O–H groups in total. The zero-order chi connectivity index (χ0) is 41.9. The molecule has 0 saturated carbocycles. The van der Waals surface area contributed by atoms with Gasteiger partial charge in [0.25, 0.3) is 0 Å². The standard InChI is InChI=1S/C46H89O10P/c1-3-5-7-9-11-13-15-17-19-21-23-25-27-29-31-33-35-37-45(49)53-41-44(42-55-57(51,52)54-40-43(48)39-47)56-46(50)38-36-34-32-30-28-26-24-22-20-18-16-14-12-10-8-6-4-2/h17,19,43-44,47-48H,3-16,18,20-42H2,1-2H3,(H,51,52)/b19-17+/t43-,44+/m0/s1. The molecule has 0 aliphatic rings. The normalized spacial score (nSPS) is 13.8. The Morgan fingerprint density at radius 1 is 0.509 bits per heavy atom. The van der Waals surface area contributed by atoms with Crippen LogP contribution in [0, 0.1) is 0 Å². The van der Waals surface area contributed by atoms with Crippen molar-refractivity contribution >= 4 is 19.8 Å². The van der Waals surface area contributed by atoms with Crippen LogP contribution < -0.4 is 0 Å². The van der Waals surface area contributed by atoms with Gasteiger partial charge in [0, 0.05) is 12.8 Å². The third-order valence-corrected chi connectivity index (χ3v) is 11.4.